The van der Waals surface area contributed by atoms with E-state index >= 15 is 0 Å². The molecular formula is C16H15N7O3. The van der Waals surface area contributed by atoms with Crippen LogP contribution in [0, 0.1) is 0 Å². The smallest absolute Gasteiger partial charge is 0.254 e. The number of nitrogens with zero attached hydrogens (tertiary/aromatic N) is 7. The number of hydrogen-bond acceptors (Lipinski definition) is 7. The Morgan fingerprint density at radius 3 is 2.81 bits per heavy atom. The molecule has 1 saturated heterocycles. The molecular weight excluding hydrogens is 338 g/mol. The van der Waals surface area contributed by atoms with Gasteiger partial charge in [0.15, 0.2) is 11.5 Å². The summed E-state index contributed by atoms with van der Waals surface area (Å²) in [6, 6.07) is 5.37. The molecule has 10 heteroatoms. The molecule has 0 saturated carbocycles. The van der Waals surface area contributed by atoms with E-state index in [1.54, 1.807) is 45.0 Å². The SMILES string of the molecule is O=C(c1ccc2c(c1)OCO2)N1CC(n2cc(Cn3nccn3)nn2)C1. The van der Waals surface area contributed by atoms with Crippen molar-refractivity contribution in [2.45, 2.75) is 12.6 Å². The summed E-state index contributed by atoms with van der Waals surface area (Å²) in [5, 5.41) is 16.4. The molecule has 3 aromatic rings. The van der Waals surface area contributed by atoms with Crippen molar-refractivity contribution in [3.63, 3.8) is 0 Å². The van der Waals surface area contributed by atoms with E-state index in [9.17, 15) is 4.79 Å². The number of amides is 1. The van der Waals surface area contributed by atoms with Gasteiger partial charge in [0, 0.05) is 18.7 Å². The fourth-order valence-corrected chi connectivity index (χ4v) is 3.03. The molecule has 2 aliphatic rings. The Balaban J connectivity index is 1.22. The lowest BCUT2D eigenvalue weighted by atomic mass is 10.1. The molecule has 0 N–H and O–H groups in total. The highest BCUT2D eigenvalue weighted by atomic mass is 16.7. The highest BCUT2D eigenvalue weighted by Gasteiger charge is 2.33. The molecule has 1 amide bonds. The molecule has 1 aromatic carbocycles. The van der Waals surface area contributed by atoms with Crippen LogP contribution in [0.4, 0.5) is 0 Å². The van der Waals surface area contributed by atoms with Crippen molar-refractivity contribution in [3.05, 3.63) is 48.0 Å². The molecule has 0 aliphatic carbocycles. The zero-order chi connectivity index (χ0) is 17.5. The Hall–Kier alpha value is -3.43. The second-order valence-electron chi connectivity index (χ2n) is 6.18. The van der Waals surface area contributed by atoms with E-state index in [1.807, 2.05) is 6.20 Å². The molecule has 0 spiro atoms. The standard InChI is InChI=1S/C16H15N7O3/c24-16(11-1-2-14-15(5-11)26-10-25-14)21-8-13(9-21)22-6-12(19-20-22)7-23-17-3-4-18-23/h1-6,13H,7-10H2. The average molecular weight is 353 g/mol. The minimum Gasteiger partial charge on any atom is -0.454 e. The number of hydrogen-bond donors (Lipinski definition) is 0. The minimum absolute atomic E-state index is 0.0272. The molecule has 1 fully saturated rings. The first-order valence-corrected chi connectivity index (χ1v) is 8.20. The summed E-state index contributed by atoms with van der Waals surface area (Å²) in [6.45, 7) is 1.85. The van der Waals surface area contributed by atoms with Crippen molar-refractivity contribution in [3.8, 4) is 11.5 Å². The van der Waals surface area contributed by atoms with Gasteiger partial charge < -0.3 is 14.4 Å². The molecule has 2 aromatic heterocycles. The number of benzene rings is 1. The Labute approximate surface area is 147 Å². The normalized spacial score (nSPS) is 15.9. The Kier molecular flexibility index (Phi) is 3.33. The number of ether oxygens (including phenoxy) is 2. The van der Waals surface area contributed by atoms with E-state index in [0.29, 0.717) is 36.7 Å². The minimum atomic E-state index is -0.0272. The van der Waals surface area contributed by atoms with Gasteiger partial charge in [-0.2, -0.15) is 15.0 Å². The monoisotopic (exact) mass is 353 g/mol. The van der Waals surface area contributed by atoms with Crippen LogP contribution < -0.4 is 9.47 Å². The largest absolute Gasteiger partial charge is 0.454 e. The molecule has 0 atom stereocenters. The third-order valence-corrected chi connectivity index (χ3v) is 4.47. The highest BCUT2D eigenvalue weighted by Crippen LogP contribution is 2.33. The van der Waals surface area contributed by atoms with Crippen LogP contribution in [0.5, 0.6) is 11.5 Å². The van der Waals surface area contributed by atoms with Gasteiger partial charge in [-0.3, -0.25) is 4.79 Å². The lowest BCUT2D eigenvalue weighted by molar-refractivity contribution is 0.0498. The zero-order valence-corrected chi connectivity index (χ0v) is 13.7. The van der Waals surface area contributed by atoms with Gasteiger partial charge >= 0.3 is 0 Å². The van der Waals surface area contributed by atoms with E-state index in [0.717, 1.165) is 5.69 Å². The van der Waals surface area contributed by atoms with Crippen molar-refractivity contribution in [1.29, 1.82) is 0 Å². The first kappa shape index (κ1) is 14.9. The topological polar surface area (TPSA) is 100 Å². The third-order valence-electron chi connectivity index (χ3n) is 4.47. The molecule has 26 heavy (non-hydrogen) atoms. The van der Waals surface area contributed by atoms with Gasteiger partial charge in [0.1, 0.15) is 12.2 Å². The Morgan fingerprint density at radius 1 is 1.15 bits per heavy atom. The number of likely N-dealkylation sites (tertiary alicyclic amines) is 1. The quantitative estimate of drug-likeness (QED) is 0.667. The van der Waals surface area contributed by atoms with E-state index in [-0.39, 0.29) is 18.7 Å². The van der Waals surface area contributed by atoms with Gasteiger partial charge in [-0.05, 0) is 18.2 Å². The maximum absolute atomic E-state index is 12.6. The maximum Gasteiger partial charge on any atom is 0.254 e. The van der Waals surface area contributed by atoms with Crippen LogP contribution in [0.2, 0.25) is 0 Å². The first-order valence-electron chi connectivity index (χ1n) is 8.20. The first-order chi connectivity index (χ1) is 12.8. The summed E-state index contributed by atoms with van der Waals surface area (Å²) in [5.41, 5.74) is 1.37. The molecule has 10 nitrogen and oxygen atoms in total. The Morgan fingerprint density at radius 2 is 1.96 bits per heavy atom. The summed E-state index contributed by atoms with van der Waals surface area (Å²) < 4.78 is 12.4. The summed E-state index contributed by atoms with van der Waals surface area (Å²) in [6.07, 6.45) is 5.11. The molecule has 0 bridgehead atoms. The van der Waals surface area contributed by atoms with Crippen LogP contribution >= 0.6 is 0 Å². The fraction of sp³-hybridized carbons (Fsp3) is 0.312. The number of rotatable bonds is 4. The zero-order valence-electron chi connectivity index (χ0n) is 13.7. The second-order valence-corrected chi connectivity index (χ2v) is 6.18. The number of fused-ring (bicyclic) bond motifs is 1. The van der Waals surface area contributed by atoms with Crippen molar-refractivity contribution in [2.24, 2.45) is 0 Å². The van der Waals surface area contributed by atoms with Crippen LogP contribution in [-0.2, 0) is 6.54 Å². The summed E-state index contributed by atoms with van der Waals surface area (Å²) in [4.78, 5) is 15.9. The maximum atomic E-state index is 12.6. The van der Waals surface area contributed by atoms with Crippen LogP contribution in [0.1, 0.15) is 22.1 Å². The fourth-order valence-electron chi connectivity index (χ4n) is 3.03. The van der Waals surface area contributed by atoms with E-state index in [2.05, 4.69) is 20.5 Å². The van der Waals surface area contributed by atoms with Crippen LogP contribution in [0.25, 0.3) is 0 Å². The Bertz CT molecular complexity index is 947. The molecule has 5 rings (SSSR count). The van der Waals surface area contributed by atoms with Gasteiger partial charge in [-0.25, -0.2) is 4.68 Å². The van der Waals surface area contributed by atoms with Gasteiger partial charge in [0.05, 0.1) is 24.6 Å². The van der Waals surface area contributed by atoms with Gasteiger partial charge in [0.25, 0.3) is 5.91 Å². The van der Waals surface area contributed by atoms with Gasteiger partial charge in [-0.15, -0.1) is 5.10 Å². The van der Waals surface area contributed by atoms with Crippen LogP contribution in [0.3, 0.4) is 0 Å². The van der Waals surface area contributed by atoms with Gasteiger partial charge in [-0.1, -0.05) is 5.21 Å². The van der Waals surface area contributed by atoms with E-state index in [1.165, 1.54) is 0 Å². The lowest BCUT2D eigenvalue weighted by Crippen LogP contribution is -2.50. The van der Waals surface area contributed by atoms with E-state index < -0.39 is 0 Å². The van der Waals surface area contributed by atoms with Crippen LogP contribution in [-0.4, -0.2) is 60.7 Å². The summed E-state index contributed by atoms with van der Waals surface area (Å²) in [5.74, 6) is 1.26. The summed E-state index contributed by atoms with van der Waals surface area (Å²) >= 11 is 0. The van der Waals surface area contributed by atoms with Crippen molar-refractivity contribution >= 4 is 5.91 Å². The predicted octanol–water partition coefficient (Wildman–Crippen LogP) is 0.344. The average Bonchev–Trinajstić information content (AvgIpc) is 3.34. The highest BCUT2D eigenvalue weighted by molar-refractivity contribution is 5.95. The molecule has 4 heterocycles. The molecule has 132 valence electrons. The number of carbonyl (C=O) groups excluding carboxylic acids is 1. The van der Waals surface area contributed by atoms with Gasteiger partial charge in [0.2, 0.25) is 6.79 Å². The summed E-state index contributed by atoms with van der Waals surface area (Å²) in [7, 11) is 0. The van der Waals surface area contributed by atoms with E-state index in [4.69, 9.17) is 9.47 Å². The lowest BCUT2D eigenvalue weighted by Gasteiger charge is -2.38. The second kappa shape index (κ2) is 5.83. The predicted molar refractivity (Wildman–Crippen MR) is 86.7 cm³/mol. The molecule has 0 unspecified atom stereocenters. The van der Waals surface area contributed by atoms with Crippen molar-refractivity contribution < 1.29 is 14.3 Å². The number of aromatic nitrogens is 6. The third kappa shape index (κ3) is 2.55. The number of carbonyl (C=O) groups is 1. The van der Waals surface area contributed by atoms with Crippen molar-refractivity contribution in [1.82, 2.24) is 34.9 Å². The molecule has 0 radical (unpaired) electrons. The van der Waals surface area contributed by atoms with Crippen molar-refractivity contribution in [2.75, 3.05) is 19.9 Å². The molecule has 2 aliphatic heterocycles. The van der Waals surface area contributed by atoms with Crippen LogP contribution in [0.15, 0.2) is 36.8 Å².